The second-order valence-corrected chi connectivity index (χ2v) is 6.50. The molecule has 0 saturated carbocycles. The maximum Gasteiger partial charge on any atom is 0.251 e. The van der Waals surface area contributed by atoms with Crippen LogP contribution < -0.4 is 10.1 Å². The highest BCUT2D eigenvalue weighted by Crippen LogP contribution is 2.14. The predicted octanol–water partition coefficient (Wildman–Crippen LogP) is 3.85. The van der Waals surface area contributed by atoms with E-state index >= 15 is 0 Å². The third-order valence-corrected chi connectivity index (χ3v) is 4.35. The lowest BCUT2D eigenvalue weighted by Crippen LogP contribution is -2.40. The van der Waals surface area contributed by atoms with Gasteiger partial charge in [-0.3, -0.25) is 4.79 Å². The number of nitriles is 2. The molecule has 0 radical (unpaired) electrons. The first-order valence-corrected chi connectivity index (χ1v) is 9.16. The number of nitrogens with one attached hydrogen (secondary N) is 1. The van der Waals surface area contributed by atoms with Crippen molar-refractivity contribution in [2.24, 2.45) is 0 Å². The fourth-order valence-electron chi connectivity index (χ4n) is 2.87. The topological polar surface area (TPSA) is 85.9 Å². The van der Waals surface area contributed by atoms with Crippen LogP contribution in [0.1, 0.15) is 27.0 Å². The van der Waals surface area contributed by atoms with Gasteiger partial charge in [-0.25, -0.2) is 0 Å². The highest BCUT2D eigenvalue weighted by molar-refractivity contribution is 5.94. The summed E-state index contributed by atoms with van der Waals surface area (Å²) < 4.78 is 5.85. The van der Waals surface area contributed by atoms with Crippen molar-refractivity contribution in [3.8, 4) is 17.9 Å². The van der Waals surface area contributed by atoms with Crippen molar-refractivity contribution >= 4 is 5.91 Å². The summed E-state index contributed by atoms with van der Waals surface area (Å²) in [6, 6.07) is 27.1. The summed E-state index contributed by atoms with van der Waals surface area (Å²) in [5.41, 5.74) is 2.58. The molecule has 29 heavy (non-hydrogen) atoms. The molecule has 0 aromatic heterocycles. The zero-order chi connectivity index (χ0) is 20.5. The largest absolute Gasteiger partial charge is 0.491 e. The second kappa shape index (κ2) is 9.73. The van der Waals surface area contributed by atoms with Gasteiger partial charge in [0.15, 0.2) is 0 Å². The molecule has 0 saturated heterocycles. The third kappa shape index (κ3) is 5.69. The van der Waals surface area contributed by atoms with Gasteiger partial charge in [0.1, 0.15) is 12.4 Å². The molecule has 1 N–H and O–H groups in total. The monoisotopic (exact) mass is 381 g/mol. The van der Waals surface area contributed by atoms with Gasteiger partial charge >= 0.3 is 0 Å². The Balaban J connectivity index is 1.72. The minimum absolute atomic E-state index is 0.232. The standard InChI is InChI=1S/C24H19N3O2/c25-15-19-9-11-21(12-10-19)24(28)27-22(13-18-5-2-1-3-6-18)17-29-23-8-4-7-20(14-23)16-26/h1-12,14,22H,13,17H2,(H,27,28)/t22-/m0/s1. The molecule has 0 unspecified atom stereocenters. The first-order valence-electron chi connectivity index (χ1n) is 9.16. The predicted molar refractivity (Wildman–Crippen MR) is 109 cm³/mol. The van der Waals surface area contributed by atoms with Crippen molar-refractivity contribution < 1.29 is 9.53 Å². The Bertz CT molecular complexity index is 1050. The van der Waals surface area contributed by atoms with E-state index in [-0.39, 0.29) is 18.6 Å². The van der Waals surface area contributed by atoms with Crippen LogP contribution >= 0.6 is 0 Å². The van der Waals surface area contributed by atoms with E-state index in [2.05, 4.69) is 11.4 Å². The molecule has 5 heteroatoms. The van der Waals surface area contributed by atoms with Crippen molar-refractivity contribution in [3.05, 3.63) is 101 Å². The van der Waals surface area contributed by atoms with Crippen LogP contribution in [0.3, 0.4) is 0 Å². The first-order chi connectivity index (χ1) is 14.2. The van der Waals surface area contributed by atoms with Crippen LogP contribution in [0.15, 0.2) is 78.9 Å². The van der Waals surface area contributed by atoms with Crippen molar-refractivity contribution in [1.82, 2.24) is 5.32 Å². The number of rotatable bonds is 7. The Kier molecular flexibility index (Phi) is 6.60. The average molecular weight is 381 g/mol. The molecule has 3 aromatic carbocycles. The summed E-state index contributed by atoms with van der Waals surface area (Å²) in [5.74, 6) is 0.347. The number of hydrogen-bond acceptors (Lipinski definition) is 4. The molecule has 0 bridgehead atoms. The molecule has 0 heterocycles. The van der Waals surface area contributed by atoms with Crippen LogP contribution in [0, 0.1) is 22.7 Å². The molecule has 0 aliphatic rings. The van der Waals surface area contributed by atoms with E-state index in [0.717, 1.165) is 5.56 Å². The van der Waals surface area contributed by atoms with Crippen LogP contribution in [0.2, 0.25) is 0 Å². The van der Waals surface area contributed by atoms with E-state index in [1.807, 2.05) is 36.4 Å². The lowest BCUT2D eigenvalue weighted by molar-refractivity contribution is 0.0921. The molecule has 0 aliphatic carbocycles. The molecule has 0 aliphatic heterocycles. The molecule has 3 rings (SSSR count). The molecule has 5 nitrogen and oxygen atoms in total. The lowest BCUT2D eigenvalue weighted by Gasteiger charge is -2.20. The van der Waals surface area contributed by atoms with Gasteiger partial charge < -0.3 is 10.1 Å². The van der Waals surface area contributed by atoms with E-state index in [4.69, 9.17) is 15.3 Å². The Morgan fingerprint density at radius 3 is 2.31 bits per heavy atom. The summed E-state index contributed by atoms with van der Waals surface area (Å²) >= 11 is 0. The van der Waals surface area contributed by atoms with Gasteiger partial charge in [0.2, 0.25) is 0 Å². The number of ether oxygens (including phenoxy) is 1. The van der Waals surface area contributed by atoms with Gasteiger partial charge in [-0.1, -0.05) is 36.4 Å². The molecule has 1 amide bonds. The van der Waals surface area contributed by atoms with E-state index in [9.17, 15) is 4.79 Å². The maximum atomic E-state index is 12.7. The van der Waals surface area contributed by atoms with Crippen molar-refractivity contribution in [2.45, 2.75) is 12.5 Å². The van der Waals surface area contributed by atoms with Crippen LogP contribution in [0.25, 0.3) is 0 Å². The number of hydrogen-bond donors (Lipinski definition) is 1. The normalized spacial score (nSPS) is 11.0. The maximum absolute atomic E-state index is 12.7. The summed E-state index contributed by atoms with van der Waals surface area (Å²) in [7, 11) is 0. The highest BCUT2D eigenvalue weighted by Gasteiger charge is 2.16. The molecule has 0 fully saturated rings. The first kappa shape index (κ1) is 19.7. The fraction of sp³-hybridized carbons (Fsp3) is 0.125. The van der Waals surface area contributed by atoms with Gasteiger partial charge in [-0.2, -0.15) is 10.5 Å². The summed E-state index contributed by atoms with van der Waals surface area (Å²) in [5, 5.41) is 20.9. The Labute approximate surface area is 169 Å². The SMILES string of the molecule is N#Cc1ccc(C(=O)N[C@H](COc2cccc(C#N)c2)Cc2ccccc2)cc1. The summed E-state index contributed by atoms with van der Waals surface area (Å²) in [6.07, 6.45) is 0.598. The number of nitrogens with zero attached hydrogens (tertiary/aromatic N) is 2. The third-order valence-electron chi connectivity index (χ3n) is 4.35. The molecule has 3 aromatic rings. The highest BCUT2D eigenvalue weighted by atomic mass is 16.5. The van der Waals surface area contributed by atoms with Gasteiger partial charge in [0.05, 0.1) is 29.3 Å². The van der Waals surface area contributed by atoms with Gasteiger partial charge in [0.25, 0.3) is 5.91 Å². The van der Waals surface area contributed by atoms with Gasteiger partial charge in [-0.15, -0.1) is 0 Å². The fourth-order valence-corrected chi connectivity index (χ4v) is 2.87. The quantitative estimate of drug-likeness (QED) is 0.673. The molecule has 0 spiro atoms. The number of benzene rings is 3. The number of carbonyl (C=O) groups excluding carboxylic acids is 1. The van der Waals surface area contributed by atoms with E-state index < -0.39 is 0 Å². The number of amides is 1. The van der Waals surface area contributed by atoms with Crippen LogP contribution in [0.4, 0.5) is 0 Å². The van der Waals surface area contributed by atoms with Crippen LogP contribution in [-0.2, 0) is 6.42 Å². The molecular formula is C24H19N3O2. The van der Waals surface area contributed by atoms with Crippen molar-refractivity contribution in [1.29, 1.82) is 10.5 Å². The lowest BCUT2D eigenvalue weighted by atomic mass is 10.1. The minimum atomic E-state index is -0.272. The average Bonchev–Trinajstić information content (AvgIpc) is 2.78. The second-order valence-electron chi connectivity index (χ2n) is 6.50. The van der Waals surface area contributed by atoms with Gasteiger partial charge in [0, 0.05) is 5.56 Å². The summed E-state index contributed by atoms with van der Waals surface area (Å²) in [6.45, 7) is 0.256. The zero-order valence-corrected chi connectivity index (χ0v) is 15.7. The van der Waals surface area contributed by atoms with E-state index in [1.54, 1.807) is 48.5 Å². The molecular weight excluding hydrogens is 362 g/mol. The van der Waals surface area contributed by atoms with Gasteiger partial charge in [-0.05, 0) is 54.4 Å². The summed E-state index contributed by atoms with van der Waals surface area (Å²) in [4.78, 5) is 12.7. The smallest absolute Gasteiger partial charge is 0.251 e. The minimum Gasteiger partial charge on any atom is -0.491 e. The molecule has 142 valence electrons. The number of carbonyl (C=O) groups is 1. The molecule has 1 atom stereocenters. The van der Waals surface area contributed by atoms with Crippen molar-refractivity contribution in [3.63, 3.8) is 0 Å². The van der Waals surface area contributed by atoms with Crippen molar-refractivity contribution in [2.75, 3.05) is 6.61 Å². The zero-order valence-electron chi connectivity index (χ0n) is 15.7. The Morgan fingerprint density at radius 1 is 0.897 bits per heavy atom. The Morgan fingerprint density at radius 2 is 1.62 bits per heavy atom. The Hall–Kier alpha value is -4.09. The van der Waals surface area contributed by atoms with E-state index in [1.165, 1.54) is 0 Å². The van der Waals surface area contributed by atoms with E-state index in [0.29, 0.717) is 28.9 Å². The van der Waals surface area contributed by atoms with Crippen LogP contribution in [0.5, 0.6) is 5.75 Å². The van der Waals surface area contributed by atoms with Crippen LogP contribution in [-0.4, -0.2) is 18.6 Å².